The maximum atomic E-state index is 12.7. The number of carbonyl (C=O) groups is 1. The van der Waals surface area contributed by atoms with Crippen LogP contribution in [0.3, 0.4) is 0 Å². The minimum absolute atomic E-state index is 0. The van der Waals surface area contributed by atoms with E-state index in [0.29, 0.717) is 22.8 Å². The van der Waals surface area contributed by atoms with Crippen molar-refractivity contribution >= 4 is 49.6 Å². The molecule has 57 heavy (non-hydrogen) atoms. The van der Waals surface area contributed by atoms with E-state index in [-0.39, 0.29) is 116 Å². The molecule has 0 unspecified atom stereocenters. The molecule has 0 atom stereocenters. The minimum atomic E-state index is -4.57. The van der Waals surface area contributed by atoms with Crippen molar-refractivity contribution < 1.29 is 104 Å². The largest absolute Gasteiger partial charge is 1.00 e. The van der Waals surface area contributed by atoms with Crippen LogP contribution < -0.4 is 70.2 Å². The molecule has 3 N–H and O–H groups in total. The molecule has 7 rings (SSSR count). The first-order valence-corrected chi connectivity index (χ1v) is 17.3. The monoisotopic (exact) mass is 842 g/mol. The van der Waals surface area contributed by atoms with Crippen molar-refractivity contribution in [1.29, 1.82) is 0 Å². The summed E-state index contributed by atoms with van der Waals surface area (Å²) in [5.41, 5.74) is 1.28. The van der Waals surface area contributed by atoms with Crippen LogP contribution in [-0.2, 0) is 27.5 Å². The number of phenolic OH excluding ortho intramolecular Hbond substituents is 1. The molecule has 0 saturated heterocycles. The van der Waals surface area contributed by atoms with Gasteiger partial charge in [-0.2, -0.15) is 18.6 Å². The molecule has 0 aliphatic carbocycles. The summed E-state index contributed by atoms with van der Waals surface area (Å²) in [5.74, 6) is -1.62. The van der Waals surface area contributed by atoms with E-state index in [2.05, 4.69) is 30.7 Å². The van der Waals surface area contributed by atoms with Gasteiger partial charge in [-0.3, -0.25) is 4.55 Å². The maximum Gasteiger partial charge on any atom is 1.00 e. The number of phenols is 1. The van der Waals surface area contributed by atoms with Crippen molar-refractivity contribution in [3.63, 3.8) is 0 Å². The summed E-state index contributed by atoms with van der Waals surface area (Å²) >= 11 is 0. The van der Waals surface area contributed by atoms with E-state index in [1.807, 2.05) is 12.1 Å². The normalized spacial score (nSPS) is 11.0. The van der Waals surface area contributed by atoms with Crippen molar-refractivity contribution in [2.24, 2.45) is 20.5 Å². The van der Waals surface area contributed by atoms with Crippen LogP contribution in [0.1, 0.15) is 21.7 Å². The number of carboxylic acids is 1. The SMILES string of the molecule is Cc1nn(-c2ccccc2)c(=O)[c-]1N=Nc1c(O)cc(S(=O)(=O)O)c2ccccc12.Cc1nn(-c2ccccc2)c(=O)[c-]1N=Nc1ccccc1C(=O)O.[Cr].[Na+].[Na+]. The Morgan fingerprint density at radius 2 is 1.12 bits per heavy atom. The van der Waals surface area contributed by atoms with Gasteiger partial charge in [-0.15, -0.1) is 11.4 Å². The summed E-state index contributed by atoms with van der Waals surface area (Å²) in [6, 6.07) is 31.0. The third kappa shape index (κ3) is 10.4. The third-order valence-corrected chi connectivity index (χ3v) is 8.75. The van der Waals surface area contributed by atoms with Crippen molar-refractivity contribution in [2.45, 2.75) is 18.7 Å². The number of azo groups is 2. The molecule has 0 spiro atoms. The van der Waals surface area contributed by atoms with Crippen LogP contribution in [0.15, 0.2) is 150 Å². The van der Waals surface area contributed by atoms with Crippen molar-refractivity contribution in [3.05, 3.63) is 153 Å². The van der Waals surface area contributed by atoms with Gasteiger partial charge in [0, 0.05) is 34.2 Å². The first-order valence-electron chi connectivity index (χ1n) is 15.9. The molecule has 5 aromatic carbocycles. The van der Waals surface area contributed by atoms with Crippen LogP contribution in [0.4, 0.5) is 22.7 Å². The van der Waals surface area contributed by atoms with Crippen LogP contribution in [0.5, 0.6) is 5.75 Å². The molecule has 0 aliphatic heterocycles. The first kappa shape index (κ1) is 46.7. The van der Waals surface area contributed by atoms with Gasteiger partial charge < -0.3 is 30.0 Å². The van der Waals surface area contributed by atoms with E-state index in [4.69, 9.17) is 5.11 Å². The van der Waals surface area contributed by atoms with Gasteiger partial charge in [0.2, 0.25) is 0 Å². The van der Waals surface area contributed by atoms with Gasteiger partial charge in [0.05, 0.1) is 22.6 Å². The predicted molar refractivity (Wildman–Crippen MR) is 198 cm³/mol. The summed E-state index contributed by atoms with van der Waals surface area (Å²) in [5, 5.41) is 44.1. The Bertz CT molecular complexity index is 2820. The minimum Gasteiger partial charge on any atom is -0.506 e. The number of fused-ring (bicyclic) bond motifs is 1. The average molecular weight is 843 g/mol. The summed E-state index contributed by atoms with van der Waals surface area (Å²) < 4.78 is 35.2. The zero-order valence-electron chi connectivity index (χ0n) is 30.7. The Labute approximate surface area is 379 Å². The van der Waals surface area contributed by atoms with E-state index in [1.165, 1.54) is 33.6 Å². The molecule has 7 aromatic rings. The fourth-order valence-corrected chi connectivity index (χ4v) is 6.01. The van der Waals surface area contributed by atoms with Crippen LogP contribution in [0.2, 0.25) is 0 Å². The number of aromatic hydroxyl groups is 1. The zero-order chi connectivity index (χ0) is 38.6. The summed E-state index contributed by atoms with van der Waals surface area (Å²) in [6.45, 7) is 3.26. The fourth-order valence-electron chi connectivity index (χ4n) is 5.29. The van der Waals surface area contributed by atoms with Gasteiger partial charge in [0.25, 0.3) is 10.1 Å². The van der Waals surface area contributed by atoms with Gasteiger partial charge in [0.15, 0.2) is 0 Å². The Hall–Kier alpha value is -4.71. The molecule has 2 aromatic heterocycles. The van der Waals surface area contributed by atoms with Crippen LogP contribution >= 0.6 is 0 Å². The van der Waals surface area contributed by atoms with Crippen LogP contribution in [0, 0.1) is 13.8 Å². The molecule has 0 bridgehead atoms. The summed E-state index contributed by atoms with van der Waals surface area (Å²) in [7, 11) is -4.57. The Morgan fingerprint density at radius 1 is 0.684 bits per heavy atom. The Morgan fingerprint density at radius 3 is 1.61 bits per heavy atom. The molecule has 0 aliphatic rings. The molecule has 278 valence electrons. The second-order valence-electron chi connectivity index (χ2n) is 11.5. The molecular weight excluding hydrogens is 814 g/mol. The molecule has 20 heteroatoms. The second kappa shape index (κ2) is 20.1. The maximum absolute atomic E-state index is 12.7. The van der Waals surface area contributed by atoms with Crippen LogP contribution in [-0.4, -0.2) is 48.7 Å². The number of para-hydroxylation sites is 2. The molecule has 0 saturated carbocycles. The van der Waals surface area contributed by atoms with Gasteiger partial charge in [-0.1, -0.05) is 98.0 Å². The van der Waals surface area contributed by atoms with Gasteiger partial charge >= 0.3 is 65.1 Å². The van der Waals surface area contributed by atoms with Gasteiger partial charge in [-0.25, -0.2) is 24.4 Å². The van der Waals surface area contributed by atoms with Crippen molar-refractivity contribution in [2.75, 3.05) is 0 Å². The molecule has 2 heterocycles. The molecule has 0 amide bonds. The quantitative estimate of drug-likeness (QED) is 0.0856. The number of aromatic nitrogens is 4. The van der Waals surface area contributed by atoms with E-state index in [9.17, 15) is 32.5 Å². The topological polar surface area (TPSA) is 231 Å². The number of nitrogens with zero attached hydrogens (tertiary/aromatic N) is 8. The smallest absolute Gasteiger partial charge is 0.506 e. The Balaban J connectivity index is 0.000000296. The number of rotatable bonds is 8. The van der Waals surface area contributed by atoms with E-state index >= 15 is 0 Å². The predicted octanol–water partition coefficient (Wildman–Crippen LogP) is 1.16. The molecule has 0 fully saturated rings. The third-order valence-electron chi connectivity index (χ3n) is 7.86. The van der Waals surface area contributed by atoms with Gasteiger partial charge in [-0.05, 0) is 36.4 Å². The number of carboxylic acid groups (broad SMARTS) is 1. The number of hydrogen-bond acceptors (Lipinski definition) is 12. The van der Waals surface area contributed by atoms with Crippen molar-refractivity contribution in [1.82, 2.24) is 19.6 Å². The van der Waals surface area contributed by atoms with E-state index < -0.39 is 37.9 Å². The first-order chi connectivity index (χ1) is 25.8. The second-order valence-corrected chi connectivity index (χ2v) is 12.8. The van der Waals surface area contributed by atoms with Gasteiger partial charge in [0.1, 0.15) is 27.5 Å². The molecule has 16 nitrogen and oxygen atoms in total. The number of aryl methyl sites for hydroxylation is 2. The van der Waals surface area contributed by atoms with E-state index in [1.54, 1.807) is 86.6 Å². The summed E-state index contributed by atoms with van der Waals surface area (Å²) in [6.07, 6.45) is 0. The number of aromatic carboxylic acids is 1. The van der Waals surface area contributed by atoms with Crippen molar-refractivity contribution in [3.8, 4) is 17.1 Å². The molecule has 0 radical (unpaired) electrons. The Kier molecular flexibility index (Phi) is 16.5. The fraction of sp³-hybridized carbons (Fsp3) is 0.0541. The van der Waals surface area contributed by atoms with Crippen LogP contribution in [0.25, 0.3) is 22.1 Å². The number of hydrogen-bond donors (Lipinski definition) is 3. The molecular formula is C37H28CrN8Na2O8S. The number of benzene rings is 5. The summed E-state index contributed by atoms with van der Waals surface area (Å²) in [4.78, 5) is 35.9. The van der Waals surface area contributed by atoms with E-state index in [0.717, 1.165) is 6.07 Å². The zero-order valence-corrected chi connectivity index (χ0v) is 36.8. The standard InChI is InChI=1S/C20H15N4O5S.C17H13N4O3.Cr.2Na/c1-12-18(20(26)24(23-12)13-7-3-2-4-8-13)21-22-19-15-10-6-5-9-14(15)17(11-16(19)25)30(27,28)29;1-11-15(16(22)21(20-11)12-7-3-2-4-8-12)19-18-14-10-6-5-9-13(14)17(23)24;;;/h2-11,25H,1H3,(H,27,28,29);2-10H,1H3,(H,23,24);;;/q2*-1;;2*+1. The average Bonchev–Trinajstić information content (AvgIpc) is 3.62.